The Morgan fingerprint density at radius 3 is 2.64 bits per heavy atom. The van der Waals surface area contributed by atoms with Crippen LogP contribution in [0.3, 0.4) is 0 Å². The van der Waals surface area contributed by atoms with E-state index in [2.05, 4.69) is 30.5 Å². The molecule has 1 atom stereocenters. The zero-order chi connectivity index (χ0) is 20.1. The van der Waals surface area contributed by atoms with E-state index in [1.807, 2.05) is 30.9 Å². The number of hydrogen-bond donors (Lipinski definition) is 0. The number of thiophene rings is 1. The van der Waals surface area contributed by atoms with E-state index in [0.717, 1.165) is 19.3 Å². The van der Waals surface area contributed by atoms with Crippen LogP contribution < -0.4 is 0 Å². The first kappa shape index (κ1) is 20.6. The molecule has 5 heteroatoms. The summed E-state index contributed by atoms with van der Waals surface area (Å²) >= 11 is 1.77. The quantitative estimate of drug-likeness (QED) is 0.685. The van der Waals surface area contributed by atoms with Gasteiger partial charge >= 0.3 is 0 Å². The average Bonchev–Trinajstić information content (AvgIpc) is 3.16. The Balaban J connectivity index is 1.89. The highest BCUT2D eigenvalue weighted by molar-refractivity contribution is 7.10. The summed E-state index contributed by atoms with van der Waals surface area (Å²) in [5.74, 6) is 0.126. The Bertz CT molecular complexity index is 830. The third kappa shape index (κ3) is 4.30. The zero-order valence-electron chi connectivity index (χ0n) is 17.1. The van der Waals surface area contributed by atoms with Crippen molar-refractivity contribution >= 4 is 23.2 Å². The fourth-order valence-electron chi connectivity index (χ4n) is 4.00. The number of hydrogen-bond acceptors (Lipinski definition) is 3. The standard InChI is InChI=1S/C23H30N2O2S/c1-4-8-21(26)24(13-5-2)16-22(27)25-14-11-20-19(12-15-28-20)23(25)18-10-7-6-9-17(18)3/h6-7,9-10,12,15,23H,4-5,8,11,13-14,16H2,1-3H3/t23-/m1/s1. The number of nitrogens with zero attached hydrogens (tertiary/aromatic N) is 2. The summed E-state index contributed by atoms with van der Waals surface area (Å²) in [5.41, 5.74) is 3.61. The molecule has 0 unspecified atom stereocenters. The molecule has 0 N–H and O–H groups in total. The number of carbonyl (C=O) groups excluding carboxylic acids is 2. The lowest BCUT2D eigenvalue weighted by atomic mass is 9.90. The van der Waals surface area contributed by atoms with Crippen LogP contribution in [0.1, 0.15) is 60.7 Å². The highest BCUT2D eigenvalue weighted by Crippen LogP contribution is 2.38. The second kappa shape index (κ2) is 9.37. The van der Waals surface area contributed by atoms with Crippen molar-refractivity contribution in [2.45, 2.75) is 52.5 Å². The molecule has 3 rings (SSSR count). The van der Waals surface area contributed by atoms with Gasteiger partial charge in [-0.05, 0) is 54.3 Å². The number of benzene rings is 1. The third-order valence-corrected chi connectivity index (χ3v) is 6.40. The first-order valence-corrected chi connectivity index (χ1v) is 11.1. The van der Waals surface area contributed by atoms with Crippen molar-refractivity contribution in [3.8, 4) is 0 Å². The van der Waals surface area contributed by atoms with Crippen LogP contribution in [0.5, 0.6) is 0 Å². The Hall–Kier alpha value is -2.14. The largest absolute Gasteiger partial charge is 0.333 e. The molecule has 1 aliphatic heterocycles. The fourth-order valence-corrected chi connectivity index (χ4v) is 4.91. The van der Waals surface area contributed by atoms with Gasteiger partial charge in [0.15, 0.2) is 0 Å². The van der Waals surface area contributed by atoms with Gasteiger partial charge in [-0.15, -0.1) is 11.3 Å². The highest BCUT2D eigenvalue weighted by atomic mass is 32.1. The molecule has 0 aliphatic carbocycles. The molecule has 1 aromatic carbocycles. The molecule has 150 valence electrons. The summed E-state index contributed by atoms with van der Waals surface area (Å²) in [7, 11) is 0. The Labute approximate surface area is 172 Å². The van der Waals surface area contributed by atoms with Crippen LogP contribution in [0, 0.1) is 6.92 Å². The van der Waals surface area contributed by atoms with Gasteiger partial charge in [-0.3, -0.25) is 9.59 Å². The first-order chi connectivity index (χ1) is 13.6. The van der Waals surface area contributed by atoms with Crippen LogP contribution in [0.25, 0.3) is 0 Å². The maximum atomic E-state index is 13.4. The second-order valence-electron chi connectivity index (χ2n) is 7.46. The maximum Gasteiger partial charge on any atom is 0.242 e. The molecule has 2 heterocycles. The van der Waals surface area contributed by atoms with Gasteiger partial charge in [-0.1, -0.05) is 38.1 Å². The predicted octanol–water partition coefficient (Wildman–Crippen LogP) is 4.57. The predicted molar refractivity (Wildman–Crippen MR) is 115 cm³/mol. The molecule has 4 nitrogen and oxygen atoms in total. The fraction of sp³-hybridized carbons (Fsp3) is 0.478. The summed E-state index contributed by atoms with van der Waals surface area (Å²) in [6.45, 7) is 7.66. The molecule has 0 bridgehead atoms. The first-order valence-electron chi connectivity index (χ1n) is 10.3. The average molecular weight is 399 g/mol. The van der Waals surface area contributed by atoms with E-state index in [1.165, 1.54) is 21.6 Å². The Kier molecular flexibility index (Phi) is 6.89. The topological polar surface area (TPSA) is 40.6 Å². The van der Waals surface area contributed by atoms with Crippen molar-refractivity contribution in [1.82, 2.24) is 9.80 Å². The molecule has 28 heavy (non-hydrogen) atoms. The monoisotopic (exact) mass is 398 g/mol. The molecular formula is C23H30N2O2S. The minimum absolute atomic E-state index is 0.0445. The normalized spacial score (nSPS) is 16.0. The van der Waals surface area contributed by atoms with Crippen LogP contribution in [0.4, 0.5) is 0 Å². The number of rotatable bonds is 7. The summed E-state index contributed by atoms with van der Waals surface area (Å²) in [5, 5.41) is 2.12. The van der Waals surface area contributed by atoms with Gasteiger partial charge < -0.3 is 9.80 Å². The van der Waals surface area contributed by atoms with Gasteiger partial charge in [0.25, 0.3) is 0 Å². The number of amides is 2. The van der Waals surface area contributed by atoms with Crippen molar-refractivity contribution in [1.29, 1.82) is 0 Å². The lowest BCUT2D eigenvalue weighted by Crippen LogP contribution is -2.47. The molecule has 1 aliphatic rings. The molecule has 0 spiro atoms. The van der Waals surface area contributed by atoms with E-state index in [1.54, 1.807) is 16.2 Å². The van der Waals surface area contributed by atoms with Crippen LogP contribution >= 0.6 is 11.3 Å². The van der Waals surface area contributed by atoms with E-state index in [0.29, 0.717) is 19.5 Å². The van der Waals surface area contributed by atoms with Gasteiger partial charge in [0, 0.05) is 24.4 Å². The third-order valence-electron chi connectivity index (χ3n) is 5.41. The van der Waals surface area contributed by atoms with Gasteiger partial charge in [-0.25, -0.2) is 0 Å². The van der Waals surface area contributed by atoms with E-state index >= 15 is 0 Å². The molecular weight excluding hydrogens is 368 g/mol. The SMILES string of the molecule is CCCC(=O)N(CCC)CC(=O)N1CCc2sccc2[C@H]1c1ccccc1C. The van der Waals surface area contributed by atoms with Crippen molar-refractivity contribution in [2.75, 3.05) is 19.6 Å². The lowest BCUT2D eigenvalue weighted by Gasteiger charge is -2.38. The molecule has 0 saturated carbocycles. The molecule has 2 amide bonds. The number of carbonyl (C=O) groups is 2. The van der Waals surface area contributed by atoms with Crippen molar-refractivity contribution in [3.63, 3.8) is 0 Å². The zero-order valence-corrected chi connectivity index (χ0v) is 17.9. The van der Waals surface area contributed by atoms with Gasteiger partial charge in [-0.2, -0.15) is 0 Å². The molecule has 0 radical (unpaired) electrons. The Morgan fingerprint density at radius 1 is 1.14 bits per heavy atom. The second-order valence-corrected chi connectivity index (χ2v) is 8.46. The van der Waals surface area contributed by atoms with Crippen molar-refractivity contribution in [3.05, 3.63) is 57.3 Å². The van der Waals surface area contributed by atoms with Crippen molar-refractivity contribution < 1.29 is 9.59 Å². The number of fused-ring (bicyclic) bond motifs is 1. The lowest BCUT2D eigenvalue weighted by molar-refractivity contribution is -0.141. The van der Waals surface area contributed by atoms with E-state index in [9.17, 15) is 9.59 Å². The van der Waals surface area contributed by atoms with Crippen LogP contribution in [0.2, 0.25) is 0 Å². The van der Waals surface area contributed by atoms with E-state index < -0.39 is 0 Å². The number of aryl methyl sites for hydroxylation is 1. The summed E-state index contributed by atoms with van der Waals surface area (Å²) in [6, 6.07) is 10.4. The summed E-state index contributed by atoms with van der Waals surface area (Å²) in [6.07, 6.45) is 3.06. The summed E-state index contributed by atoms with van der Waals surface area (Å²) in [4.78, 5) is 30.9. The van der Waals surface area contributed by atoms with E-state index in [4.69, 9.17) is 0 Å². The smallest absolute Gasteiger partial charge is 0.242 e. The molecule has 2 aromatic rings. The molecule has 0 fully saturated rings. The van der Waals surface area contributed by atoms with Crippen LogP contribution in [-0.2, 0) is 16.0 Å². The van der Waals surface area contributed by atoms with Gasteiger partial charge in [0.1, 0.15) is 0 Å². The van der Waals surface area contributed by atoms with Crippen LogP contribution in [0.15, 0.2) is 35.7 Å². The van der Waals surface area contributed by atoms with Gasteiger partial charge in [0.05, 0.1) is 12.6 Å². The van der Waals surface area contributed by atoms with E-state index in [-0.39, 0.29) is 24.4 Å². The molecule has 1 aromatic heterocycles. The maximum absolute atomic E-state index is 13.4. The molecule has 0 saturated heterocycles. The van der Waals surface area contributed by atoms with Crippen molar-refractivity contribution in [2.24, 2.45) is 0 Å². The van der Waals surface area contributed by atoms with Crippen LogP contribution in [-0.4, -0.2) is 41.2 Å². The Morgan fingerprint density at radius 2 is 1.93 bits per heavy atom. The van der Waals surface area contributed by atoms with Gasteiger partial charge in [0.2, 0.25) is 11.8 Å². The minimum atomic E-state index is -0.0616. The minimum Gasteiger partial charge on any atom is -0.333 e. The highest BCUT2D eigenvalue weighted by Gasteiger charge is 2.34. The summed E-state index contributed by atoms with van der Waals surface area (Å²) < 4.78 is 0.